The molecule has 0 amide bonds. The highest BCUT2D eigenvalue weighted by Crippen LogP contribution is 2.32. The molecule has 0 aromatic rings. The van der Waals surface area contributed by atoms with Crippen molar-refractivity contribution in [2.45, 2.75) is 38.7 Å². The summed E-state index contributed by atoms with van der Waals surface area (Å²) in [5, 5.41) is 3.57. The standard InChI is InChI=1S/C15H30N2O2/c1-2-19-15-12-14(13-15)4-6-16-5-3-7-17-8-10-18-11-9-17/h14-16H,2-13H2,1H3. The molecular weight excluding hydrogens is 240 g/mol. The predicted octanol–water partition coefficient (Wildman–Crippen LogP) is 1.50. The first-order valence-electron chi connectivity index (χ1n) is 8.01. The van der Waals surface area contributed by atoms with E-state index in [-0.39, 0.29) is 0 Å². The number of morpholine rings is 1. The first kappa shape index (κ1) is 15.2. The molecule has 0 aromatic carbocycles. The van der Waals surface area contributed by atoms with Crippen LogP contribution in [0.2, 0.25) is 0 Å². The molecule has 4 nitrogen and oxygen atoms in total. The highest BCUT2D eigenvalue weighted by Gasteiger charge is 2.28. The lowest BCUT2D eigenvalue weighted by molar-refractivity contribution is -0.0263. The van der Waals surface area contributed by atoms with Gasteiger partial charge in [-0.1, -0.05) is 0 Å². The molecule has 19 heavy (non-hydrogen) atoms. The second-order valence-corrected chi connectivity index (χ2v) is 5.76. The van der Waals surface area contributed by atoms with Crippen LogP contribution in [0.15, 0.2) is 0 Å². The van der Waals surface area contributed by atoms with Crippen molar-refractivity contribution in [3.05, 3.63) is 0 Å². The first-order valence-corrected chi connectivity index (χ1v) is 8.01. The van der Waals surface area contributed by atoms with Crippen LogP contribution in [0.3, 0.4) is 0 Å². The summed E-state index contributed by atoms with van der Waals surface area (Å²) in [5.74, 6) is 0.906. The van der Waals surface area contributed by atoms with Crippen LogP contribution >= 0.6 is 0 Å². The molecule has 1 saturated carbocycles. The van der Waals surface area contributed by atoms with Crippen LogP contribution < -0.4 is 5.32 Å². The lowest BCUT2D eigenvalue weighted by Crippen LogP contribution is -2.38. The van der Waals surface area contributed by atoms with E-state index in [1.807, 2.05) is 0 Å². The molecule has 0 radical (unpaired) electrons. The smallest absolute Gasteiger partial charge is 0.0594 e. The van der Waals surface area contributed by atoms with Crippen LogP contribution in [0, 0.1) is 5.92 Å². The minimum atomic E-state index is 0.566. The molecule has 1 heterocycles. The highest BCUT2D eigenvalue weighted by atomic mass is 16.5. The van der Waals surface area contributed by atoms with Gasteiger partial charge < -0.3 is 14.8 Å². The van der Waals surface area contributed by atoms with Crippen molar-refractivity contribution < 1.29 is 9.47 Å². The average molecular weight is 270 g/mol. The monoisotopic (exact) mass is 270 g/mol. The number of nitrogens with one attached hydrogen (secondary N) is 1. The Kier molecular flexibility index (Phi) is 7.14. The normalized spacial score (nSPS) is 28.3. The van der Waals surface area contributed by atoms with Gasteiger partial charge in [0, 0.05) is 19.7 Å². The van der Waals surface area contributed by atoms with E-state index in [1.54, 1.807) is 0 Å². The van der Waals surface area contributed by atoms with E-state index in [9.17, 15) is 0 Å². The van der Waals surface area contributed by atoms with E-state index < -0.39 is 0 Å². The fourth-order valence-electron chi connectivity index (χ4n) is 2.97. The second-order valence-electron chi connectivity index (χ2n) is 5.76. The van der Waals surface area contributed by atoms with Crippen LogP contribution in [-0.4, -0.2) is 63.5 Å². The Morgan fingerprint density at radius 2 is 2.00 bits per heavy atom. The Morgan fingerprint density at radius 1 is 1.21 bits per heavy atom. The van der Waals surface area contributed by atoms with Gasteiger partial charge in [-0.3, -0.25) is 4.90 Å². The lowest BCUT2D eigenvalue weighted by Gasteiger charge is -2.35. The summed E-state index contributed by atoms with van der Waals surface area (Å²) in [5.41, 5.74) is 0. The number of ether oxygens (including phenoxy) is 2. The topological polar surface area (TPSA) is 33.7 Å². The third kappa shape index (κ3) is 5.78. The van der Waals surface area contributed by atoms with Gasteiger partial charge in [0.2, 0.25) is 0 Å². The average Bonchev–Trinajstić information content (AvgIpc) is 2.40. The van der Waals surface area contributed by atoms with Crippen LogP contribution in [-0.2, 0) is 9.47 Å². The Morgan fingerprint density at radius 3 is 2.74 bits per heavy atom. The molecule has 112 valence electrons. The highest BCUT2D eigenvalue weighted by molar-refractivity contribution is 4.80. The van der Waals surface area contributed by atoms with Gasteiger partial charge in [-0.25, -0.2) is 0 Å². The van der Waals surface area contributed by atoms with Gasteiger partial charge in [0.1, 0.15) is 0 Å². The van der Waals surface area contributed by atoms with Crippen molar-refractivity contribution in [1.82, 2.24) is 10.2 Å². The van der Waals surface area contributed by atoms with Gasteiger partial charge in [-0.2, -0.15) is 0 Å². The van der Waals surface area contributed by atoms with Gasteiger partial charge in [0.15, 0.2) is 0 Å². The zero-order chi connectivity index (χ0) is 13.3. The van der Waals surface area contributed by atoms with Crippen molar-refractivity contribution in [2.75, 3.05) is 52.5 Å². The molecule has 0 atom stereocenters. The predicted molar refractivity (Wildman–Crippen MR) is 77.5 cm³/mol. The maximum absolute atomic E-state index is 5.58. The molecule has 1 saturated heterocycles. The van der Waals surface area contributed by atoms with Gasteiger partial charge in [0.25, 0.3) is 0 Å². The summed E-state index contributed by atoms with van der Waals surface area (Å²) in [6.07, 6.45) is 5.70. The second kappa shape index (κ2) is 8.90. The molecule has 2 fully saturated rings. The van der Waals surface area contributed by atoms with Crippen LogP contribution in [0.5, 0.6) is 0 Å². The lowest BCUT2D eigenvalue weighted by atomic mass is 9.80. The zero-order valence-corrected chi connectivity index (χ0v) is 12.4. The van der Waals surface area contributed by atoms with Gasteiger partial charge in [0.05, 0.1) is 19.3 Å². The first-order chi connectivity index (χ1) is 9.38. The quantitative estimate of drug-likeness (QED) is 0.644. The van der Waals surface area contributed by atoms with Crippen molar-refractivity contribution >= 4 is 0 Å². The summed E-state index contributed by atoms with van der Waals surface area (Å²) < 4.78 is 10.9. The van der Waals surface area contributed by atoms with E-state index in [1.165, 1.54) is 38.8 Å². The van der Waals surface area contributed by atoms with E-state index in [0.717, 1.165) is 45.4 Å². The molecule has 1 aliphatic heterocycles. The summed E-state index contributed by atoms with van der Waals surface area (Å²) >= 11 is 0. The van der Waals surface area contributed by atoms with Crippen LogP contribution in [0.25, 0.3) is 0 Å². The van der Waals surface area contributed by atoms with E-state index in [4.69, 9.17) is 9.47 Å². The minimum absolute atomic E-state index is 0.566. The summed E-state index contributed by atoms with van der Waals surface area (Å²) in [4.78, 5) is 2.50. The summed E-state index contributed by atoms with van der Waals surface area (Å²) in [6.45, 7) is 10.5. The van der Waals surface area contributed by atoms with Gasteiger partial charge in [-0.15, -0.1) is 0 Å². The Balaban J connectivity index is 1.35. The fraction of sp³-hybridized carbons (Fsp3) is 1.00. The number of nitrogens with zero attached hydrogens (tertiary/aromatic N) is 1. The van der Waals surface area contributed by atoms with Crippen LogP contribution in [0.4, 0.5) is 0 Å². The van der Waals surface area contributed by atoms with E-state index in [0.29, 0.717) is 6.10 Å². The number of rotatable bonds is 9. The molecular formula is C15H30N2O2. The molecule has 1 aliphatic carbocycles. The van der Waals surface area contributed by atoms with Crippen molar-refractivity contribution in [3.8, 4) is 0 Å². The Labute approximate surface area is 117 Å². The van der Waals surface area contributed by atoms with E-state index >= 15 is 0 Å². The minimum Gasteiger partial charge on any atom is -0.379 e. The molecule has 0 bridgehead atoms. The molecule has 4 heteroatoms. The Bertz CT molecular complexity index is 226. The van der Waals surface area contributed by atoms with Crippen molar-refractivity contribution in [3.63, 3.8) is 0 Å². The SMILES string of the molecule is CCOC1CC(CCNCCCN2CCOCC2)C1. The van der Waals surface area contributed by atoms with Crippen molar-refractivity contribution in [2.24, 2.45) is 5.92 Å². The molecule has 2 rings (SSSR count). The van der Waals surface area contributed by atoms with Gasteiger partial charge in [-0.05, 0) is 58.2 Å². The summed E-state index contributed by atoms with van der Waals surface area (Å²) in [6, 6.07) is 0. The largest absolute Gasteiger partial charge is 0.379 e. The van der Waals surface area contributed by atoms with Gasteiger partial charge >= 0.3 is 0 Å². The fourth-order valence-corrected chi connectivity index (χ4v) is 2.97. The third-order valence-electron chi connectivity index (χ3n) is 4.26. The van der Waals surface area contributed by atoms with Crippen molar-refractivity contribution in [1.29, 1.82) is 0 Å². The molecule has 1 N–H and O–H groups in total. The van der Waals surface area contributed by atoms with Crippen LogP contribution in [0.1, 0.15) is 32.6 Å². The Hall–Kier alpha value is -0.160. The molecule has 0 spiro atoms. The number of hydrogen-bond donors (Lipinski definition) is 1. The molecule has 0 unspecified atom stereocenters. The number of hydrogen-bond acceptors (Lipinski definition) is 4. The van der Waals surface area contributed by atoms with E-state index in [2.05, 4.69) is 17.1 Å². The third-order valence-corrected chi connectivity index (χ3v) is 4.26. The zero-order valence-electron chi connectivity index (χ0n) is 12.4. The summed E-state index contributed by atoms with van der Waals surface area (Å²) in [7, 11) is 0. The maximum atomic E-state index is 5.58. The maximum Gasteiger partial charge on any atom is 0.0594 e. The molecule has 0 aromatic heterocycles. The molecule has 2 aliphatic rings.